The molecule has 38 heavy (non-hydrogen) atoms. The van der Waals surface area contributed by atoms with Gasteiger partial charge in [-0.1, -0.05) is 6.07 Å². The molecule has 4 rings (SSSR count). The van der Waals surface area contributed by atoms with Gasteiger partial charge in [0.2, 0.25) is 0 Å². The first-order chi connectivity index (χ1) is 17.9. The molecule has 3 aromatic rings. The van der Waals surface area contributed by atoms with E-state index in [9.17, 15) is 18.4 Å². The van der Waals surface area contributed by atoms with Gasteiger partial charge in [0.25, 0.3) is 12.3 Å². The van der Waals surface area contributed by atoms with Crippen LogP contribution in [0.5, 0.6) is 5.75 Å². The Morgan fingerprint density at radius 2 is 1.84 bits per heavy atom. The van der Waals surface area contributed by atoms with E-state index in [1.165, 1.54) is 18.2 Å². The van der Waals surface area contributed by atoms with Crippen LogP contribution in [-0.4, -0.2) is 56.5 Å². The van der Waals surface area contributed by atoms with E-state index in [1.807, 2.05) is 45.5 Å². The topological polar surface area (TPSA) is 98.6 Å². The number of ether oxygens (including phenoxy) is 2. The molecule has 2 amide bonds. The second kappa shape index (κ2) is 10.9. The van der Waals surface area contributed by atoms with Crippen molar-refractivity contribution >= 4 is 28.7 Å². The van der Waals surface area contributed by atoms with Gasteiger partial charge >= 0.3 is 6.09 Å². The lowest BCUT2D eigenvalue weighted by molar-refractivity contribution is 0.0185. The van der Waals surface area contributed by atoms with E-state index in [0.717, 1.165) is 5.39 Å². The maximum Gasteiger partial charge on any atom is 0.410 e. The number of rotatable bonds is 6. The van der Waals surface area contributed by atoms with Crippen molar-refractivity contribution in [3.05, 3.63) is 47.8 Å². The van der Waals surface area contributed by atoms with Crippen LogP contribution in [0.4, 0.5) is 19.4 Å². The average molecular weight is 530 g/mol. The molecule has 2 aromatic heterocycles. The van der Waals surface area contributed by atoms with Crippen LogP contribution >= 0.6 is 0 Å². The molecule has 11 heteroatoms. The van der Waals surface area contributed by atoms with E-state index in [1.54, 1.807) is 17.0 Å². The third-order valence-electron chi connectivity index (χ3n) is 5.96. The number of likely N-dealkylation sites (tertiary alicyclic amines) is 1. The summed E-state index contributed by atoms with van der Waals surface area (Å²) in [5.74, 6) is -0.171. The predicted molar refractivity (Wildman–Crippen MR) is 139 cm³/mol. The van der Waals surface area contributed by atoms with Crippen molar-refractivity contribution in [2.24, 2.45) is 0 Å². The predicted octanol–water partition coefficient (Wildman–Crippen LogP) is 5.98. The smallest absolute Gasteiger partial charge is 0.410 e. The zero-order valence-electron chi connectivity index (χ0n) is 22.2. The number of alkyl halides is 2. The molecule has 9 nitrogen and oxygen atoms in total. The SMILES string of the molecule is CC(C)Oc1cc2nn(C3CCN(C(=O)OC(C)(C)C)CC3)cc2cc1C(=O)Nc1cccc(C(F)F)n1. The third kappa shape index (κ3) is 6.56. The average Bonchev–Trinajstić information content (AvgIpc) is 3.25. The Balaban J connectivity index is 1.54. The van der Waals surface area contributed by atoms with E-state index in [4.69, 9.17) is 14.6 Å². The number of aromatic nitrogens is 3. The van der Waals surface area contributed by atoms with E-state index < -0.39 is 23.6 Å². The van der Waals surface area contributed by atoms with E-state index in [-0.39, 0.29) is 29.6 Å². The molecule has 3 heterocycles. The number of fused-ring (bicyclic) bond motifs is 1. The maximum absolute atomic E-state index is 13.2. The molecule has 1 saturated heterocycles. The highest BCUT2D eigenvalue weighted by molar-refractivity contribution is 6.08. The molecule has 204 valence electrons. The fourth-order valence-corrected chi connectivity index (χ4v) is 4.25. The van der Waals surface area contributed by atoms with Crippen LogP contribution in [0.15, 0.2) is 36.5 Å². The standard InChI is InChI=1S/C27H33F2N5O4/c1-16(2)37-22-14-21-17(13-19(22)25(35)31-23-8-6-7-20(30-23)24(28)29)15-34(32-21)18-9-11-33(12-10-18)26(36)38-27(3,4)5/h6-8,13-16,18,24H,9-12H2,1-5H3,(H,30,31,35). The van der Waals surface area contributed by atoms with Gasteiger partial charge in [-0.05, 0) is 65.7 Å². The molecule has 0 aliphatic carbocycles. The largest absolute Gasteiger partial charge is 0.490 e. The van der Waals surface area contributed by atoms with Crippen LogP contribution < -0.4 is 10.1 Å². The molecule has 1 fully saturated rings. The maximum atomic E-state index is 13.2. The van der Waals surface area contributed by atoms with E-state index in [0.29, 0.717) is 37.2 Å². The van der Waals surface area contributed by atoms with Gasteiger partial charge in [-0.3, -0.25) is 9.48 Å². The van der Waals surface area contributed by atoms with Gasteiger partial charge in [-0.2, -0.15) is 5.10 Å². The van der Waals surface area contributed by atoms with Crippen molar-refractivity contribution in [3.8, 4) is 5.75 Å². The number of anilines is 1. The Kier molecular flexibility index (Phi) is 7.84. The van der Waals surface area contributed by atoms with Crippen LogP contribution in [0.3, 0.4) is 0 Å². The molecule has 0 radical (unpaired) electrons. The van der Waals surface area contributed by atoms with Gasteiger partial charge in [0.1, 0.15) is 22.9 Å². The van der Waals surface area contributed by atoms with Crippen LogP contribution in [-0.2, 0) is 4.74 Å². The number of piperidine rings is 1. The number of carbonyl (C=O) groups excluding carboxylic acids is 2. The highest BCUT2D eigenvalue weighted by Gasteiger charge is 2.28. The van der Waals surface area contributed by atoms with Gasteiger partial charge in [-0.25, -0.2) is 18.6 Å². The van der Waals surface area contributed by atoms with Gasteiger partial charge in [0, 0.05) is 30.7 Å². The number of hydrogen-bond acceptors (Lipinski definition) is 6. The third-order valence-corrected chi connectivity index (χ3v) is 5.96. The summed E-state index contributed by atoms with van der Waals surface area (Å²) in [5, 5.41) is 8.05. The summed E-state index contributed by atoms with van der Waals surface area (Å²) in [6.07, 6.45) is 0.0171. The number of nitrogens with zero attached hydrogens (tertiary/aromatic N) is 4. The normalized spacial score (nSPS) is 14.8. The first-order valence-electron chi connectivity index (χ1n) is 12.6. The first-order valence-corrected chi connectivity index (χ1v) is 12.6. The molecule has 0 unspecified atom stereocenters. The van der Waals surface area contributed by atoms with Gasteiger partial charge in [-0.15, -0.1) is 0 Å². The van der Waals surface area contributed by atoms with Crippen LogP contribution in [0, 0.1) is 0 Å². The lowest BCUT2D eigenvalue weighted by Gasteiger charge is -2.33. The second-order valence-electron chi connectivity index (χ2n) is 10.6. The molecule has 0 atom stereocenters. The molecular weight excluding hydrogens is 496 g/mol. The fourth-order valence-electron chi connectivity index (χ4n) is 4.25. The summed E-state index contributed by atoms with van der Waals surface area (Å²) in [6.45, 7) is 10.3. The Bertz CT molecular complexity index is 1310. The van der Waals surface area contributed by atoms with Crippen LogP contribution in [0.2, 0.25) is 0 Å². The minimum atomic E-state index is -2.75. The van der Waals surface area contributed by atoms with Crippen molar-refractivity contribution in [3.63, 3.8) is 0 Å². The summed E-state index contributed by atoms with van der Waals surface area (Å²) in [5.41, 5.74) is -0.0647. The molecule has 0 saturated carbocycles. The minimum Gasteiger partial charge on any atom is -0.490 e. The lowest BCUT2D eigenvalue weighted by atomic mass is 10.1. The summed E-state index contributed by atoms with van der Waals surface area (Å²) in [6, 6.07) is 7.53. The number of nitrogens with one attached hydrogen (secondary N) is 1. The summed E-state index contributed by atoms with van der Waals surface area (Å²) >= 11 is 0. The highest BCUT2D eigenvalue weighted by atomic mass is 19.3. The van der Waals surface area contributed by atoms with Crippen molar-refractivity contribution < 1.29 is 27.8 Å². The molecule has 1 N–H and O–H groups in total. The summed E-state index contributed by atoms with van der Waals surface area (Å²) < 4.78 is 39.3. The Morgan fingerprint density at radius 1 is 1.13 bits per heavy atom. The monoisotopic (exact) mass is 529 g/mol. The Hall–Kier alpha value is -3.76. The number of pyridine rings is 1. The van der Waals surface area contributed by atoms with Crippen molar-refractivity contribution in [1.82, 2.24) is 19.7 Å². The van der Waals surface area contributed by atoms with Gasteiger partial charge in [0.15, 0.2) is 0 Å². The van der Waals surface area contributed by atoms with Gasteiger partial charge in [0.05, 0.1) is 23.2 Å². The lowest BCUT2D eigenvalue weighted by Crippen LogP contribution is -2.42. The van der Waals surface area contributed by atoms with E-state index >= 15 is 0 Å². The number of benzene rings is 1. The zero-order valence-corrected chi connectivity index (χ0v) is 22.2. The van der Waals surface area contributed by atoms with E-state index in [2.05, 4.69) is 10.3 Å². The molecule has 1 aliphatic heterocycles. The number of hydrogen-bond donors (Lipinski definition) is 1. The summed E-state index contributed by atoms with van der Waals surface area (Å²) in [4.78, 5) is 31.1. The van der Waals surface area contributed by atoms with Crippen LogP contribution in [0.25, 0.3) is 10.9 Å². The van der Waals surface area contributed by atoms with Crippen molar-refractivity contribution in [2.45, 2.75) is 71.6 Å². The Labute approximate surface area is 220 Å². The minimum absolute atomic E-state index is 0.0239. The van der Waals surface area contributed by atoms with Crippen molar-refractivity contribution in [1.29, 1.82) is 0 Å². The number of halogens is 2. The number of carbonyl (C=O) groups is 2. The Morgan fingerprint density at radius 3 is 2.47 bits per heavy atom. The fraction of sp³-hybridized carbons (Fsp3) is 0.481. The molecule has 0 spiro atoms. The second-order valence-corrected chi connectivity index (χ2v) is 10.6. The quantitative estimate of drug-likeness (QED) is 0.422. The summed E-state index contributed by atoms with van der Waals surface area (Å²) in [7, 11) is 0. The highest BCUT2D eigenvalue weighted by Crippen LogP contribution is 2.30. The first kappa shape index (κ1) is 27.3. The number of amides is 2. The van der Waals surface area contributed by atoms with Crippen LogP contribution in [0.1, 0.15) is 76.0 Å². The zero-order chi connectivity index (χ0) is 27.6. The molecule has 1 aliphatic rings. The molecule has 1 aromatic carbocycles. The molecular formula is C27H33F2N5O4. The molecule has 0 bridgehead atoms. The van der Waals surface area contributed by atoms with Gasteiger partial charge < -0.3 is 19.7 Å². The van der Waals surface area contributed by atoms with Crippen molar-refractivity contribution in [2.75, 3.05) is 18.4 Å².